The first-order valence-electron chi connectivity index (χ1n) is 4.95. The molecular weight excluding hydrogens is 601 g/mol. The smallest absolute Gasteiger partial charge is 0.338 e. The van der Waals surface area contributed by atoms with Crippen LogP contribution in [0.3, 0.4) is 0 Å². The summed E-state index contributed by atoms with van der Waals surface area (Å²) in [5.41, 5.74) is 0. The highest BCUT2D eigenvalue weighted by molar-refractivity contribution is 15.0. The van der Waals surface area contributed by atoms with Crippen molar-refractivity contribution in [3.8, 4) is 0 Å². The van der Waals surface area contributed by atoms with Gasteiger partial charge in [0.2, 0.25) is 0 Å². The normalized spacial score (nSPS) is 8.30. The molecule has 0 aliphatic heterocycles. The molecule has 0 atom stereocenters. The van der Waals surface area contributed by atoms with Gasteiger partial charge in [0, 0.05) is 74.4 Å². The van der Waals surface area contributed by atoms with Crippen LogP contribution < -0.4 is 0 Å². The van der Waals surface area contributed by atoms with E-state index in [-0.39, 0.29) is 30.0 Å². The molecule has 0 aliphatic rings. The van der Waals surface area contributed by atoms with Crippen molar-refractivity contribution in [2.75, 3.05) is 0 Å². The third-order valence-corrected chi connectivity index (χ3v) is 1.86. The van der Waals surface area contributed by atoms with Crippen LogP contribution in [0, 0.1) is 0 Å². The first-order chi connectivity index (χ1) is 9.38. The number of aromatic nitrogens is 6. The van der Waals surface area contributed by atoms with Crippen molar-refractivity contribution in [2.45, 2.75) is 0 Å². The van der Waals surface area contributed by atoms with Gasteiger partial charge in [-0.15, -0.1) is 24.0 Å². The topological polar surface area (TPSA) is 81.4 Å². The summed E-state index contributed by atoms with van der Waals surface area (Å²) in [4.78, 5) is 25.4. The van der Waals surface area contributed by atoms with Crippen LogP contribution in [0.15, 0.2) is 56.2 Å². The van der Waals surface area contributed by atoms with Crippen molar-refractivity contribution >= 4 is 67.2 Å². The number of aromatic amines is 1. The van der Waals surface area contributed by atoms with Crippen molar-refractivity contribution in [1.82, 2.24) is 29.1 Å². The molecule has 108 valence electrons. The molecule has 0 saturated heterocycles. The number of carbonyl (C=O) groups excluding carboxylic acids is 1. The van der Waals surface area contributed by atoms with Crippen molar-refractivity contribution in [3.05, 3.63) is 56.2 Å². The van der Waals surface area contributed by atoms with E-state index in [9.17, 15) is 4.79 Å². The molecule has 10 heteroatoms. The lowest BCUT2D eigenvalue weighted by molar-refractivity contribution is 0.244. The molecule has 0 saturated carbocycles. The van der Waals surface area contributed by atoms with Gasteiger partial charge in [-0.05, 0) is 0 Å². The fraction of sp³-hybridized carbons (Fsp3) is 0. The van der Waals surface area contributed by atoms with E-state index in [1.165, 1.54) is 21.8 Å². The third kappa shape index (κ3) is 6.78. The summed E-state index contributed by atoms with van der Waals surface area (Å²) in [5, 5.41) is 0. The van der Waals surface area contributed by atoms with Gasteiger partial charge >= 0.3 is 6.03 Å². The Kier molecular flexibility index (Phi) is 11.9. The van der Waals surface area contributed by atoms with Gasteiger partial charge in [-0.2, -0.15) is 0 Å². The summed E-state index contributed by atoms with van der Waals surface area (Å²) in [6.45, 7) is 0. The van der Waals surface area contributed by atoms with Crippen LogP contribution in [0.25, 0.3) is 0 Å². The predicted octanol–water partition coefficient (Wildman–Crippen LogP) is 3.40. The van der Waals surface area contributed by atoms with E-state index in [1.54, 1.807) is 43.5 Å². The average Bonchev–Trinajstić information content (AvgIpc) is 3.24. The first kappa shape index (κ1) is 19.5. The Morgan fingerprint density at radius 3 is 1.75 bits per heavy atom. The maximum Gasteiger partial charge on any atom is 0.338 e. The van der Waals surface area contributed by atoms with Crippen LogP contribution >= 0.6 is 61.2 Å². The SMILES string of the molecule is I.II.O=C(n1ccnc1)n1ccnc1.c1c[nH]cn1. The molecular formula is C10H11I3N6O. The monoisotopic (exact) mass is 612 g/mol. The highest BCUT2D eigenvalue weighted by Crippen LogP contribution is 1.92. The highest BCUT2D eigenvalue weighted by Gasteiger charge is 2.03. The van der Waals surface area contributed by atoms with Crippen molar-refractivity contribution in [2.24, 2.45) is 0 Å². The molecule has 3 aromatic heterocycles. The van der Waals surface area contributed by atoms with Crippen LogP contribution in [0.2, 0.25) is 0 Å². The Morgan fingerprint density at radius 2 is 1.50 bits per heavy atom. The second kappa shape index (κ2) is 12.2. The molecule has 0 radical (unpaired) electrons. The Hall–Kier alpha value is -0.510. The van der Waals surface area contributed by atoms with Gasteiger partial charge in [-0.3, -0.25) is 9.13 Å². The van der Waals surface area contributed by atoms with Crippen LogP contribution in [-0.4, -0.2) is 35.1 Å². The van der Waals surface area contributed by atoms with Gasteiger partial charge in [0.15, 0.2) is 0 Å². The second-order valence-corrected chi connectivity index (χ2v) is 2.98. The molecule has 3 aromatic rings. The van der Waals surface area contributed by atoms with Crippen LogP contribution in [0.1, 0.15) is 0 Å². The van der Waals surface area contributed by atoms with E-state index in [4.69, 9.17) is 0 Å². The number of carbonyl (C=O) groups is 1. The maximum absolute atomic E-state index is 11.4. The van der Waals surface area contributed by atoms with Gasteiger partial charge in [-0.1, -0.05) is 0 Å². The molecule has 0 bridgehead atoms. The molecule has 0 aliphatic carbocycles. The number of hydrogen-bond donors (Lipinski definition) is 1. The van der Waals surface area contributed by atoms with Crippen molar-refractivity contribution < 1.29 is 4.79 Å². The number of H-pyrrole nitrogens is 1. The van der Waals surface area contributed by atoms with E-state index in [2.05, 4.69) is 57.2 Å². The lowest BCUT2D eigenvalue weighted by Gasteiger charge is -1.98. The number of halogens is 3. The van der Waals surface area contributed by atoms with Gasteiger partial charge in [0.05, 0.1) is 6.33 Å². The first-order valence-corrected chi connectivity index (χ1v) is 11.2. The number of rotatable bonds is 0. The van der Waals surface area contributed by atoms with E-state index >= 15 is 0 Å². The van der Waals surface area contributed by atoms with Crippen molar-refractivity contribution in [3.63, 3.8) is 0 Å². The average molecular weight is 612 g/mol. The molecule has 7 nitrogen and oxygen atoms in total. The minimum atomic E-state index is -0.190. The van der Waals surface area contributed by atoms with Crippen molar-refractivity contribution in [1.29, 1.82) is 0 Å². The molecule has 0 amide bonds. The van der Waals surface area contributed by atoms with Gasteiger partial charge in [0.25, 0.3) is 0 Å². The lowest BCUT2D eigenvalue weighted by atomic mass is 10.8. The fourth-order valence-corrected chi connectivity index (χ4v) is 1.09. The minimum absolute atomic E-state index is 0. The van der Waals surface area contributed by atoms with Gasteiger partial charge in [-0.25, -0.2) is 19.7 Å². The molecule has 0 fully saturated rings. The summed E-state index contributed by atoms with van der Waals surface area (Å²) < 4.78 is 2.75. The number of hydrogen-bond acceptors (Lipinski definition) is 4. The summed E-state index contributed by atoms with van der Waals surface area (Å²) >= 11 is 4.24. The van der Waals surface area contributed by atoms with Crippen LogP contribution in [0.4, 0.5) is 4.79 Å². The summed E-state index contributed by atoms with van der Waals surface area (Å²) in [6, 6.07) is -0.190. The van der Waals surface area contributed by atoms with Gasteiger partial charge < -0.3 is 4.98 Å². The molecule has 0 aromatic carbocycles. The van der Waals surface area contributed by atoms with E-state index in [0.29, 0.717) is 0 Å². The zero-order chi connectivity index (χ0) is 13.9. The molecule has 0 spiro atoms. The zero-order valence-electron chi connectivity index (χ0n) is 10.0. The highest BCUT2D eigenvalue weighted by atomic mass is 128. The summed E-state index contributed by atoms with van der Waals surface area (Å²) in [7, 11) is 0. The standard InChI is InChI=1S/C7H6N4O.C3H4N2.I2.HI/c12-7(10-3-1-8-5-10)11-4-2-9-6-11;1-2-5-3-4-1;1-2;/h1-6H;1-3H,(H,4,5);;1H. The molecule has 3 rings (SSSR count). The summed E-state index contributed by atoms with van der Waals surface area (Å²) in [6.07, 6.45) is 14.2. The maximum atomic E-state index is 11.4. The van der Waals surface area contributed by atoms with E-state index < -0.39 is 0 Å². The second-order valence-electron chi connectivity index (χ2n) is 2.98. The molecule has 20 heavy (non-hydrogen) atoms. The number of imidazole rings is 3. The van der Waals surface area contributed by atoms with Gasteiger partial charge in [0.1, 0.15) is 12.7 Å². The Labute approximate surface area is 155 Å². The van der Waals surface area contributed by atoms with E-state index in [0.717, 1.165) is 0 Å². The van der Waals surface area contributed by atoms with E-state index in [1.807, 2.05) is 0 Å². The fourth-order valence-electron chi connectivity index (χ4n) is 1.09. The quantitative estimate of drug-likeness (QED) is 0.396. The zero-order valence-corrected chi connectivity index (χ0v) is 16.7. The Balaban J connectivity index is 0.000000383. The minimum Gasteiger partial charge on any atom is -0.351 e. The Morgan fingerprint density at radius 1 is 0.950 bits per heavy atom. The lowest BCUT2D eigenvalue weighted by Crippen LogP contribution is -2.15. The largest absolute Gasteiger partial charge is 0.351 e. The Bertz CT molecular complexity index is 484. The molecule has 1 N–H and O–H groups in total. The third-order valence-electron chi connectivity index (χ3n) is 1.86. The number of nitrogens with one attached hydrogen (secondary N) is 1. The summed E-state index contributed by atoms with van der Waals surface area (Å²) in [5.74, 6) is 0. The molecule has 3 heterocycles. The van der Waals surface area contributed by atoms with Crippen LogP contribution in [0.5, 0.6) is 0 Å². The predicted molar refractivity (Wildman–Crippen MR) is 103 cm³/mol. The van der Waals surface area contributed by atoms with Crippen LogP contribution in [-0.2, 0) is 0 Å². The molecule has 0 unspecified atom stereocenters. The number of nitrogens with zero attached hydrogens (tertiary/aromatic N) is 5.